The molecular formula is C28H33N3O4. The van der Waals surface area contributed by atoms with Crippen LogP contribution in [-0.2, 0) is 16.0 Å². The predicted octanol–water partition coefficient (Wildman–Crippen LogP) is 4.62. The average Bonchev–Trinajstić information content (AvgIpc) is 3.59. The maximum absolute atomic E-state index is 12.9. The fourth-order valence-electron chi connectivity index (χ4n) is 4.67. The predicted molar refractivity (Wildman–Crippen MR) is 136 cm³/mol. The van der Waals surface area contributed by atoms with Gasteiger partial charge in [-0.25, -0.2) is 0 Å². The van der Waals surface area contributed by atoms with Crippen molar-refractivity contribution < 1.29 is 19.0 Å². The van der Waals surface area contributed by atoms with Gasteiger partial charge in [0, 0.05) is 49.1 Å². The van der Waals surface area contributed by atoms with Gasteiger partial charge in [-0.15, -0.1) is 0 Å². The standard InChI is InChI=1S/C28H33N3O4/c1-19-26(31-28(32)21-6-9-23(10-7-21)35-18-25-5-3-13-34-25)11-8-22-14-20(16-30-27(19)22)15-29-17-24-4-2-12-33-24/h6-11,14,16,24-25,29H,2-5,12-13,15,17-18H2,1H3,(H,31,32)/t24-,25+/m0/s1. The number of nitrogens with zero attached hydrogens (tertiary/aromatic N) is 1. The smallest absolute Gasteiger partial charge is 0.255 e. The molecule has 2 atom stereocenters. The van der Waals surface area contributed by atoms with Gasteiger partial charge in [0.15, 0.2) is 0 Å². The first kappa shape index (κ1) is 23.7. The number of pyridine rings is 1. The summed E-state index contributed by atoms with van der Waals surface area (Å²) in [5.74, 6) is 0.581. The number of rotatable bonds is 9. The van der Waals surface area contributed by atoms with Crippen molar-refractivity contribution >= 4 is 22.5 Å². The number of aromatic nitrogens is 1. The molecule has 2 saturated heterocycles. The lowest BCUT2D eigenvalue weighted by atomic mass is 10.1. The fraction of sp³-hybridized carbons (Fsp3) is 0.429. The maximum Gasteiger partial charge on any atom is 0.255 e. The maximum atomic E-state index is 12.9. The van der Waals surface area contributed by atoms with Crippen molar-refractivity contribution in [3.05, 3.63) is 65.4 Å². The summed E-state index contributed by atoms with van der Waals surface area (Å²) in [6, 6.07) is 13.3. The first-order chi connectivity index (χ1) is 17.2. The molecule has 2 aromatic carbocycles. The number of ether oxygens (including phenoxy) is 3. The number of amides is 1. The highest BCUT2D eigenvalue weighted by Crippen LogP contribution is 2.25. The molecule has 35 heavy (non-hydrogen) atoms. The minimum atomic E-state index is -0.159. The average molecular weight is 476 g/mol. The number of aryl methyl sites for hydroxylation is 1. The summed E-state index contributed by atoms with van der Waals surface area (Å²) in [5, 5.41) is 7.56. The number of nitrogens with one attached hydrogen (secondary N) is 2. The van der Waals surface area contributed by atoms with Crippen LogP contribution in [0.2, 0.25) is 0 Å². The second-order valence-electron chi connectivity index (χ2n) is 9.34. The molecule has 1 aromatic heterocycles. The Morgan fingerprint density at radius 3 is 2.57 bits per heavy atom. The van der Waals surface area contributed by atoms with E-state index in [0.717, 1.165) is 85.5 Å². The van der Waals surface area contributed by atoms with Gasteiger partial charge in [-0.1, -0.05) is 6.07 Å². The number of anilines is 1. The Labute approximate surface area is 206 Å². The molecule has 0 bridgehead atoms. The van der Waals surface area contributed by atoms with E-state index in [1.165, 1.54) is 0 Å². The lowest BCUT2D eigenvalue weighted by Crippen LogP contribution is -2.25. The fourth-order valence-corrected chi connectivity index (χ4v) is 4.67. The third-order valence-corrected chi connectivity index (χ3v) is 6.71. The lowest BCUT2D eigenvalue weighted by molar-refractivity contribution is 0.0679. The summed E-state index contributed by atoms with van der Waals surface area (Å²) in [5.41, 5.74) is 4.32. The van der Waals surface area contributed by atoms with Crippen LogP contribution in [0.4, 0.5) is 5.69 Å². The molecule has 0 saturated carbocycles. The van der Waals surface area contributed by atoms with Crippen LogP contribution in [0.15, 0.2) is 48.7 Å². The van der Waals surface area contributed by atoms with E-state index >= 15 is 0 Å². The molecule has 5 rings (SSSR count). The lowest BCUT2D eigenvalue weighted by Gasteiger charge is -2.13. The van der Waals surface area contributed by atoms with Crippen molar-refractivity contribution in [1.29, 1.82) is 0 Å². The number of carbonyl (C=O) groups excluding carboxylic acids is 1. The largest absolute Gasteiger partial charge is 0.491 e. The van der Waals surface area contributed by atoms with Gasteiger partial charge in [0.2, 0.25) is 0 Å². The van der Waals surface area contributed by atoms with E-state index in [2.05, 4.69) is 21.7 Å². The highest BCUT2D eigenvalue weighted by molar-refractivity contribution is 6.06. The molecule has 3 heterocycles. The molecule has 2 N–H and O–H groups in total. The third kappa shape index (κ3) is 5.99. The molecule has 0 spiro atoms. The topological polar surface area (TPSA) is 81.7 Å². The van der Waals surface area contributed by atoms with E-state index in [1.807, 2.05) is 37.4 Å². The Hall–Kier alpha value is -3.00. The first-order valence-corrected chi connectivity index (χ1v) is 12.5. The van der Waals surface area contributed by atoms with Gasteiger partial charge in [-0.3, -0.25) is 9.78 Å². The molecule has 2 aliphatic rings. The Bertz CT molecular complexity index is 1150. The molecule has 1 amide bonds. The summed E-state index contributed by atoms with van der Waals surface area (Å²) >= 11 is 0. The Morgan fingerprint density at radius 2 is 1.83 bits per heavy atom. The molecule has 0 aliphatic carbocycles. The highest BCUT2D eigenvalue weighted by Gasteiger charge is 2.17. The van der Waals surface area contributed by atoms with E-state index in [0.29, 0.717) is 18.3 Å². The van der Waals surface area contributed by atoms with Crippen LogP contribution in [0.5, 0.6) is 5.75 Å². The molecule has 3 aromatic rings. The number of benzene rings is 2. The zero-order valence-corrected chi connectivity index (χ0v) is 20.2. The number of fused-ring (bicyclic) bond motifs is 1. The van der Waals surface area contributed by atoms with Crippen molar-refractivity contribution in [3.8, 4) is 5.75 Å². The van der Waals surface area contributed by atoms with Gasteiger partial charge in [-0.2, -0.15) is 0 Å². The van der Waals surface area contributed by atoms with Crippen molar-refractivity contribution in [3.63, 3.8) is 0 Å². The van der Waals surface area contributed by atoms with E-state index in [-0.39, 0.29) is 12.0 Å². The Balaban J connectivity index is 1.18. The van der Waals surface area contributed by atoms with Crippen molar-refractivity contribution in [1.82, 2.24) is 10.3 Å². The van der Waals surface area contributed by atoms with Crippen LogP contribution in [0.3, 0.4) is 0 Å². The quantitative estimate of drug-likeness (QED) is 0.470. The Kier molecular flexibility index (Phi) is 7.57. The van der Waals surface area contributed by atoms with Crippen LogP contribution in [0, 0.1) is 6.92 Å². The molecular weight excluding hydrogens is 442 g/mol. The first-order valence-electron chi connectivity index (χ1n) is 12.5. The Morgan fingerprint density at radius 1 is 1.06 bits per heavy atom. The third-order valence-electron chi connectivity index (χ3n) is 6.71. The van der Waals surface area contributed by atoms with E-state index in [4.69, 9.17) is 14.2 Å². The minimum Gasteiger partial charge on any atom is -0.491 e. The van der Waals surface area contributed by atoms with Gasteiger partial charge in [0.1, 0.15) is 12.4 Å². The van der Waals surface area contributed by atoms with E-state index < -0.39 is 0 Å². The van der Waals surface area contributed by atoms with Crippen molar-refractivity contribution in [2.24, 2.45) is 0 Å². The molecule has 2 aliphatic heterocycles. The molecule has 2 fully saturated rings. The number of hydrogen-bond donors (Lipinski definition) is 2. The van der Waals surface area contributed by atoms with Crippen LogP contribution >= 0.6 is 0 Å². The highest BCUT2D eigenvalue weighted by atomic mass is 16.5. The summed E-state index contributed by atoms with van der Waals surface area (Å²) < 4.78 is 17.0. The van der Waals surface area contributed by atoms with Crippen LogP contribution in [0.1, 0.15) is 47.2 Å². The summed E-state index contributed by atoms with van der Waals surface area (Å²) in [7, 11) is 0. The van der Waals surface area contributed by atoms with E-state index in [9.17, 15) is 4.79 Å². The van der Waals surface area contributed by atoms with Gasteiger partial charge in [-0.05, 0) is 80.1 Å². The normalized spacial score (nSPS) is 19.8. The number of carbonyl (C=O) groups is 1. The second-order valence-corrected chi connectivity index (χ2v) is 9.34. The molecule has 7 heteroatoms. The van der Waals surface area contributed by atoms with Gasteiger partial charge in [0.05, 0.1) is 17.7 Å². The van der Waals surface area contributed by atoms with Crippen LogP contribution in [0.25, 0.3) is 10.9 Å². The van der Waals surface area contributed by atoms with Crippen molar-refractivity contribution in [2.45, 2.75) is 51.4 Å². The van der Waals surface area contributed by atoms with Gasteiger partial charge in [0.25, 0.3) is 5.91 Å². The summed E-state index contributed by atoms with van der Waals surface area (Å²) in [6.07, 6.45) is 6.80. The molecule has 7 nitrogen and oxygen atoms in total. The SMILES string of the molecule is Cc1c(NC(=O)c2ccc(OC[C@H]3CCCO3)cc2)ccc2cc(CNC[C@@H]3CCCO3)cnc12. The van der Waals surface area contributed by atoms with Crippen LogP contribution < -0.4 is 15.4 Å². The number of hydrogen-bond acceptors (Lipinski definition) is 6. The molecule has 0 unspecified atom stereocenters. The summed E-state index contributed by atoms with van der Waals surface area (Å²) in [4.78, 5) is 17.5. The zero-order valence-electron chi connectivity index (χ0n) is 20.2. The zero-order chi connectivity index (χ0) is 24.0. The van der Waals surface area contributed by atoms with Crippen molar-refractivity contribution in [2.75, 3.05) is 31.7 Å². The van der Waals surface area contributed by atoms with E-state index in [1.54, 1.807) is 12.1 Å². The summed E-state index contributed by atoms with van der Waals surface area (Å²) in [6.45, 7) is 5.84. The molecule has 184 valence electrons. The van der Waals surface area contributed by atoms with Crippen LogP contribution in [-0.4, -0.2) is 49.5 Å². The second kappa shape index (κ2) is 11.2. The monoisotopic (exact) mass is 475 g/mol. The molecule has 0 radical (unpaired) electrons. The van der Waals surface area contributed by atoms with Gasteiger partial charge >= 0.3 is 0 Å². The van der Waals surface area contributed by atoms with Gasteiger partial charge < -0.3 is 24.8 Å². The minimum absolute atomic E-state index is 0.159.